The molecule has 5 rings (SSSR count). The molecular weight excluding hydrogens is 591 g/mol. The summed E-state index contributed by atoms with van der Waals surface area (Å²) < 4.78 is 44.9. The van der Waals surface area contributed by atoms with Gasteiger partial charge in [0.1, 0.15) is 10.9 Å². The predicted octanol–water partition coefficient (Wildman–Crippen LogP) is 4.80. The van der Waals surface area contributed by atoms with Crippen LogP contribution in [-0.4, -0.2) is 67.6 Å². The van der Waals surface area contributed by atoms with E-state index in [2.05, 4.69) is 21.9 Å². The number of aromatic nitrogens is 1. The van der Waals surface area contributed by atoms with Crippen molar-refractivity contribution < 1.29 is 27.5 Å². The zero-order valence-electron chi connectivity index (χ0n) is 24.4. The highest BCUT2D eigenvalue weighted by Crippen LogP contribution is 2.35. The monoisotopic (exact) mass is 630 g/mol. The number of rotatable bonds is 12. The van der Waals surface area contributed by atoms with Crippen LogP contribution in [-0.2, 0) is 38.9 Å². The van der Waals surface area contributed by atoms with Crippen LogP contribution in [0, 0.1) is 11.8 Å². The number of para-hydroxylation sites is 1. The number of fused-ring (bicyclic) bond motifs is 2. The average Bonchev–Trinajstić information content (AvgIpc) is 3.41. The smallest absolute Gasteiger partial charge is 0.303 e. The SMILES string of the molecule is CCC1CNc2c(cc(CCC(=O)O)cc2S(=O)(=O)NC(Cc2nc3ccccc3s2)C(=O)N2CCC(CCF)CC2)C1. The molecule has 3 heterocycles. The maximum Gasteiger partial charge on any atom is 0.303 e. The number of thiazole rings is 1. The van der Waals surface area contributed by atoms with Crippen molar-refractivity contribution in [3.8, 4) is 0 Å². The molecule has 2 aliphatic heterocycles. The standard InChI is InChI=1S/C31H39FN4O5S2/c1-2-20-15-23-16-22(7-8-29(37)38)17-27(30(23)33-19-20)43(40,41)35-25(18-28-34-24-5-3-4-6-26(24)42-28)31(39)36-13-10-21(9-12-32)11-14-36/h3-6,16-17,20-21,25,33,35H,2,7-15,18-19H2,1H3,(H,37,38). The van der Waals surface area contributed by atoms with Crippen molar-refractivity contribution in [2.75, 3.05) is 31.6 Å². The van der Waals surface area contributed by atoms with Crippen LogP contribution in [0.5, 0.6) is 0 Å². The molecule has 2 unspecified atom stereocenters. The number of alkyl halides is 1. The summed E-state index contributed by atoms with van der Waals surface area (Å²) in [7, 11) is -4.22. The molecule has 3 N–H and O–H groups in total. The number of carbonyl (C=O) groups excluding carboxylic acids is 1. The van der Waals surface area contributed by atoms with Crippen LogP contribution in [0.1, 0.15) is 55.2 Å². The number of piperidine rings is 1. The van der Waals surface area contributed by atoms with Crippen molar-refractivity contribution in [1.82, 2.24) is 14.6 Å². The molecule has 0 bridgehead atoms. The summed E-state index contributed by atoms with van der Waals surface area (Å²) in [6.07, 6.45) is 3.61. The second kappa shape index (κ2) is 13.7. The first-order valence-corrected chi connectivity index (χ1v) is 17.3. The number of aliphatic carboxylic acids is 1. The van der Waals surface area contributed by atoms with Gasteiger partial charge in [0.2, 0.25) is 15.9 Å². The second-order valence-corrected chi connectivity index (χ2v) is 14.4. The summed E-state index contributed by atoms with van der Waals surface area (Å²) in [6.45, 7) is 3.22. The molecule has 2 aliphatic rings. The van der Waals surface area contributed by atoms with Crippen LogP contribution < -0.4 is 10.0 Å². The number of halogens is 1. The minimum Gasteiger partial charge on any atom is -0.481 e. The lowest BCUT2D eigenvalue weighted by Gasteiger charge is -2.34. The number of hydrogen-bond acceptors (Lipinski definition) is 7. The molecule has 3 aromatic rings. The Bertz CT molecular complexity index is 1540. The molecule has 1 saturated heterocycles. The van der Waals surface area contributed by atoms with E-state index in [1.807, 2.05) is 30.3 Å². The van der Waals surface area contributed by atoms with Gasteiger partial charge < -0.3 is 15.3 Å². The minimum atomic E-state index is -4.22. The molecule has 232 valence electrons. The lowest BCUT2D eigenvalue weighted by atomic mass is 9.90. The molecule has 12 heteroatoms. The van der Waals surface area contributed by atoms with E-state index in [1.54, 1.807) is 4.90 Å². The van der Waals surface area contributed by atoms with Gasteiger partial charge in [-0.3, -0.25) is 14.0 Å². The largest absolute Gasteiger partial charge is 0.481 e. The molecule has 0 aliphatic carbocycles. The predicted molar refractivity (Wildman–Crippen MR) is 166 cm³/mol. The van der Waals surface area contributed by atoms with Crippen molar-refractivity contribution in [3.63, 3.8) is 0 Å². The van der Waals surface area contributed by atoms with Crippen LogP contribution in [0.2, 0.25) is 0 Å². The Hall–Kier alpha value is -3.09. The molecule has 9 nitrogen and oxygen atoms in total. The topological polar surface area (TPSA) is 129 Å². The Morgan fingerprint density at radius 1 is 1.21 bits per heavy atom. The van der Waals surface area contributed by atoms with Gasteiger partial charge >= 0.3 is 5.97 Å². The first-order chi connectivity index (χ1) is 20.7. The number of nitrogens with one attached hydrogen (secondary N) is 2. The van der Waals surface area contributed by atoms with Crippen LogP contribution in [0.25, 0.3) is 10.2 Å². The number of carboxylic acid groups (broad SMARTS) is 1. The molecule has 1 fully saturated rings. The number of likely N-dealkylation sites (tertiary alicyclic amines) is 1. The maximum absolute atomic E-state index is 14.1. The number of anilines is 1. The Morgan fingerprint density at radius 2 is 1.98 bits per heavy atom. The van der Waals surface area contributed by atoms with Crippen LogP contribution in [0.4, 0.5) is 10.1 Å². The number of aryl methyl sites for hydroxylation is 1. The normalized spacial score (nSPS) is 18.3. The highest BCUT2D eigenvalue weighted by molar-refractivity contribution is 7.89. The third-order valence-corrected chi connectivity index (χ3v) is 11.1. The third kappa shape index (κ3) is 7.53. The van der Waals surface area contributed by atoms with E-state index < -0.39 is 22.0 Å². The second-order valence-electron chi connectivity index (χ2n) is 11.6. The number of nitrogens with zero attached hydrogens (tertiary/aromatic N) is 2. The fourth-order valence-electron chi connectivity index (χ4n) is 6.05. The highest BCUT2D eigenvalue weighted by atomic mass is 32.2. The van der Waals surface area contributed by atoms with Crippen LogP contribution in [0.15, 0.2) is 41.3 Å². The van der Waals surface area contributed by atoms with E-state index in [1.165, 1.54) is 17.4 Å². The number of sulfonamides is 1. The van der Waals surface area contributed by atoms with Crippen molar-refractivity contribution in [3.05, 3.63) is 52.5 Å². The van der Waals surface area contributed by atoms with Gasteiger partial charge in [0.15, 0.2) is 0 Å². The van der Waals surface area contributed by atoms with Crippen molar-refractivity contribution in [2.45, 2.75) is 69.2 Å². The van der Waals surface area contributed by atoms with E-state index in [-0.39, 0.29) is 42.7 Å². The molecule has 0 radical (unpaired) electrons. The lowest BCUT2D eigenvalue weighted by molar-refractivity contribution is -0.137. The molecule has 2 aromatic carbocycles. The fourth-order valence-corrected chi connectivity index (χ4v) is 8.53. The van der Waals surface area contributed by atoms with Crippen molar-refractivity contribution in [2.24, 2.45) is 11.8 Å². The number of amides is 1. The minimum absolute atomic E-state index is 0.0312. The fraction of sp³-hybridized carbons (Fsp3) is 0.516. The molecule has 0 spiro atoms. The average molecular weight is 631 g/mol. The highest BCUT2D eigenvalue weighted by Gasteiger charge is 2.35. The first kappa shape index (κ1) is 31.3. The van der Waals surface area contributed by atoms with Gasteiger partial charge in [-0.05, 0) is 73.3 Å². The number of benzene rings is 2. The van der Waals surface area contributed by atoms with Crippen LogP contribution >= 0.6 is 11.3 Å². The first-order valence-electron chi connectivity index (χ1n) is 15.0. The van der Waals surface area contributed by atoms with Gasteiger partial charge in [-0.2, -0.15) is 4.72 Å². The molecule has 0 saturated carbocycles. The molecule has 1 aromatic heterocycles. The van der Waals surface area contributed by atoms with E-state index >= 15 is 0 Å². The molecular formula is C31H39FN4O5S2. The molecule has 1 amide bonds. The summed E-state index contributed by atoms with van der Waals surface area (Å²) in [4.78, 5) is 31.6. The Kier molecular flexibility index (Phi) is 9.98. The summed E-state index contributed by atoms with van der Waals surface area (Å²) in [5, 5.41) is 13.2. The van der Waals surface area contributed by atoms with Crippen molar-refractivity contribution in [1.29, 1.82) is 0 Å². The summed E-state index contributed by atoms with van der Waals surface area (Å²) in [5.74, 6) is -0.732. The van der Waals surface area contributed by atoms with Crippen molar-refractivity contribution >= 4 is 49.1 Å². The van der Waals surface area contributed by atoms with Gasteiger partial charge in [0.05, 0.1) is 27.6 Å². The summed E-state index contributed by atoms with van der Waals surface area (Å²) in [6, 6.07) is 9.97. The van der Waals surface area contributed by atoms with Gasteiger partial charge in [-0.25, -0.2) is 13.4 Å². The lowest BCUT2D eigenvalue weighted by Crippen LogP contribution is -2.51. The van der Waals surface area contributed by atoms with E-state index in [9.17, 15) is 27.5 Å². The number of carboxylic acids is 1. The van der Waals surface area contributed by atoms with Crippen LogP contribution in [0.3, 0.4) is 0 Å². The van der Waals surface area contributed by atoms with E-state index in [4.69, 9.17) is 0 Å². The number of carbonyl (C=O) groups is 2. The van der Waals surface area contributed by atoms with E-state index in [0.717, 1.165) is 22.2 Å². The Balaban J connectivity index is 1.47. The van der Waals surface area contributed by atoms with Gasteiger partial charge in [-0.1, -0.05) is 31.5 Å². The molecule has 2 atom stereocenters. The van der Waals surface area contributed by atoms with Gasteiger partial charge in [0.25, 0.3) is 0 Å². The van der Waals surface area contributed by atoms with Gasteiger partial charge in [0, 0.05) is 32.5 Å². The van der Waals surface area contributed by atoms with Gasteiger partial charge in [-0.15, -0.1) is 11.3 Å². The number of hydrogen-bond donors (Lipinski definition) is 3. The molecule has 43 heavy (non-hydrogen) atoms. The zero-order chi connectivity index (χ0) is 30.6. The third-order valence-electron chi connectivity index (χ3n) is 8.57. The quantitative estimate of drug-likeness (QED) is 0.262. The maximum atomic E-state index is 14.1. The Labute approximate surface area is 255 Å². The summed E-state index contributed by atoms with van der Waals surface area (Å²) in [5.41, 5.74) is 2.77. The Morgan fingerprint density at radius 3 is 2.67 bits per heavy atom. The van der Waals surface area contributed by atoms with E-state index in [0.29, 0.717) is 67.5 Å². The zero-order valence-corrected chi connectivity index (χ0v) is 26.0. The summed E-state index contributed by atoms with van der Waals surface area (Å²) >= 11 is 1.43.